The zero-order valence-corrected chi connectivity index (χ0v) is 16.2. The van der Waals surface area contributed by atoms with Gasteiger partial charge in [-0.1, -0.05) is 109 Å². The van der Waals surface area contributed by atoms with Gasteiger partial charge in [0.25, 0.3) is 0 Å². The van der Waals surface area contributed by atoms with Gasteiger partial charge in [0.1, 0.15) is 0 Å². The molecule has 0 saturated heterocycles. The number of allylic oxidation sites excluding steroid dienone is 1. The number of fused-ring (bicyclic) bond motifs is 3. The third-order valence-corrected chi connectivity index (χ3v) is 5.36. The predicted octanol–water partition coefficient (Wildman–Crippen LogP) is 7.27. The average Bonchev–Trinajstić information content (AvgIpc) is 3.44. The highest BCUT2D eigenvalue weighted by Crippen LogP contribution is 2.20. The fourth-order valence-electron chi connectivity index (χ4n) is 3.84. The van der Waals surface area contributed by atoms with Crippen LogP contribution in [0.1, 0.15) is 28.7 Å². The summed E-state index contributed by atoms with van der Waals surface area (Å²) in [5.74, 6) is 0. The highest BCUT2D eigenvalue weighted by molar-refractivity contribution is 5.82. The lowest BCUT2D eigenvalue weighted by atomic mass is 10.1. The first-order valence-electron chi connectivity index (χ1n) is 10.2. The number of rotatable bonds is 0. The van der Waals surface area contributed by atoms with Crippen LogP contribution in [0.25, 0.3) is 16.8 Å². The van der Waals surface area contributed by atoms with E-state index in [4.69, 9.17) is 0 Å². The molecular weight excluding hydrogens is 336 g/mol. The molecule has 0 saturated carbocycles. The third-order valence-electron chi connectivity index (χ3n) is 5.36. The molecule has 0 heterocycles. The van der Waals surface area contributed by atoms with Gasteiger partial charge in [0, 0.05) is 0 Å². The van der Waals surface area contributed by atoms with E-state index in [1.54, 1.807) is 11.1 Å². The number of benzene rings is 4. The largest absolute Gasteiger partial charge is 0.0795 e. The van der Waals surface area contributed by atoms with Crippen LogP contribution in [0.2, 0.25) is 0 Å². The van der Waals surface area contributed by atoms with Crippen LogP contribution in [-0.4, -0.2) is 0 Å². The second kappa shape index (κ2) is 9.19. The van der Waals surface area contributed by atoms with Gasteiger partial charge in [0.15, 0.2) is 0 Å². The lowest BCUT2D eigenvalue weighted by molar-refractivity contribution is 0.912. The Labute approximate surface area is 168 Å². The highest BCUT2D eigenvalue weighted by atomic mass is 14.1. The molecule has 0 amide bonds. The molecule has 6 rings (SSSR count). The van der Waals surface area contributed by atoms with E-state index >= 15 is 0 Å². The fraction of sp³-hybridized carbons (Fsp3) is 0.143. The van der Waals surface area contributed by atoms with E-state index in [-0.39, 0.29) is 0 Å². The fourth-order valence-corrected chi connectivity index (χ4v) is 3.84. The van der Waals surface area contributed by atoms with E-state index in [1.807, 2.05) is 0 Å². The summed E-state index contributed by atoms with van der Waals surface area (Å²) in [4.78, 5) is 0. The third kappa shape index (κ3) is 4.58. The van der Waals surface area contributed by atoms with Gasteiger partial charge in [0.05, 0.1) is 0 Å². The Kier molecular flexibility index (Phi) is 5.99. The van der Waals surface area contributed by atoms with Crippen molar-refractivity contribution < 1.29 is 0 Å². The van der Waals surface area contributed by atoms with Crippen LogP contribution in [0.15, 0.2) is 103 Å². The SMILES string of the molecule is C1=Cc2ccccc2C1.c1ccc2c(c1)CCC2.c1ccc2ccccc2c1. The quantitative estimate of drug-likeness (QED) is 0.308. The van der Waals surface area contributed by atoms with E-state index in [0.29, 0.717) is 0 Å². The molecule has 2 aliphatic rings. The molecule has 0 aromatic heterocycles. The van der Waals surface area contributed by atoms with Gasteiger partial charge in [-0.15, -0.1) is 0 Å². The summed E-state index contributed by atoms with van der Waals surface area (Å²) in [6.45, 7) is 0. The minimum Gasteiger partial charge on any atom is -0.0795 e. The molecule has 0 heteroatoms. The molecule has 0 N–H and O–H groups in total. The molecule has 4 aromatic rings. The first-order valence-corrected chi connectivity index (χ1v) is 10.2. The summed E-state index contributed by atoms with van der Waals surface area (Å²) in [5, 5.41) is 2.62. The van der Waals surface area contributed by atoms with Crippen LogP contribution in [0.4, 0.5) is 0 Å². The van der Waals surface area contributed by atoms with Crippen molar-refractivity contribution in [1.82, 2.24) is 0 Å². The van der Waals surface area contributed by atoms with Crippen molar-refractivity contribution in [2.24, 2.45) is 0 Å². The van der Waals surface area contributed by atoms with Crippen molar-refractivity contribution in [2.45, 2.75) is 25.7 Å². The van der Waals surface area contributed by atoms with Gasteiger partial charge in [0.2, 0.25) is 0 Å². The van der Waals surface area contributed by atoms with E-state index < -0.39 is 0 Å². The minimum absolute atomic E-state index is 1.12. The molecule has 4 aromatic carbocycles. The van der Waals surface area contributed by atoms with Crippen LogP contribution in [0.5, 0.6) is 0 Å². The van der Waals surface area contributed by atoms with Gasteiger partial charge in [-0.25, -0.2) is 0 Å². The number of aryl methyl sites for hydroxylation is 2. The molecule has 28 heavy (non-hydrogen) atoms. The van der Waals surface area contributed by atoms with Gasteiger partial charge in [-0.05, 0) is 58.7 Å². The van der Waals surface area contributed by atoms with E-state index in [9.17, 15) is 0 Å². The van der Waals surface area contributed by atoms with E-state index in [2.05, 4.69) is 109 Å². The maximum absolute atomic E-state index is 2.24. The summed E-state index contributed by atoms with van der Waals surface area (Å²) >= 11 is 0. The van der Waals surface area contributed by atoms with Crippen molar-refractivity contribution >= 4 is 16.8 Å². The van der Waals surface area contributed by atoms with E-state index in [0.717, 1.165) is 6.42 Å². The normalized spacial score (nSPS) is 13.0. The van der Waals surface area contributed by atoms with Crippen LogP contribution in [0, 0.1) is 0 Å². The summed E-state index contributed by atoms with van der Waals surface area (Å²) in [5.41, 5.74) is 5.98. The predicted molar refractivity (Wildman–Crippen MR) is 122 cm³/mol. The second-order valence-electron chi connectivity index (χ2n) is 7.27. The first kappa shape index (κ1) is 18.3. The lowest BCUT2D eigenvalue weighted by Gasteiger charge is -1.93. The van der Waals surface area contributed by atoms with Crippen LogP contribution >= 0.6 is 0 Å². The second-order valence-corrected chi connectivity index (χ2v) is 7.27. The van der Waals surface area contributed by atoms with Gasteiger partial charge < -0.3 is 0 Å². The highest BCUT2D eigenvalue weighted by Gasteiger charge is 2.07. The van der Waals surface area contributed by atoms with Gasteiger partial charge in [-0.2, -0.15) is 0 Å². The maximum atomic E-state index is 2.24. The van der Waals surface area contributed by atoms with Gasteiger partial charge in [-0.3, -0.25) is 0 Å². The molecule has 0 radical (unpaired) electrons. The summed E-state index contributed by atoms with van der Waals surface area (Å²) in [7, 11) is 0. The molecule has 0 fully saturated rings. The Morgan fingerprint density at radius 3 is 1.46 bits per heavy atom. The number of hydrogen-bond acceptors (Lipinski definition) is 0. The van der Waals surface area contributed by atoms with Crippen molar-refractivity contribution in [3.05, 3.63) is 125 Å². The smallest absolute Gasteiger partial charge is 0.00882 e. The molecule has 0 atom stereocenters. The van der Waals surface area contributed by atoms with Crippen LogP contribution in [-0.2, 0) is 19.3 Å². The molecule has 0 spiro atoms. The van der Waals surface area contributed by atoms with E-state index in [1.165, 1.54) is 41.2 Å². The molecule has 2 aliphatic carbocycles. The zero-order valence-electron chi connectivity index (χ0n) is 16.2. The van der Waals surface area contributed by atoms with Crippen molar-refractivity contribution in [1.29, 1.82) is 0 Å². The Hall–Kier alpha value is -3.12. The molecule has 0 bridgehead atoms. The lowest BCUT2D eigenvalue weighted by Crippen LogP contribution is -1.77. The monoisotopic (exact) mass is 362 g/mol. The Balaban J connectivity index is 0.000000103. The van der Waals surface area contributed by atoms with Gasteiger partial charge >= 0.3 is 0 Å². The van der Waals surface area contributed by atoms with Crippen molar-refractivity contribution in [3.8, 4) is 0 Å². The van der Waals surface area contributed by atoms with Crippen molar-refractivity contribution in [3.63, 3.8) is 0 Å². The Morgan fingerprint density at radius 1 is 0.464 bits per heavy atom. The minimum atomic E-state index is 1.12. The maximum Gasteiger partial charge on any atom is -0.00882 e. The molecular formula is C28H26. The summed E-state index contributed by atoms with van der Waals surface area (Å²) in [6, 6.07) is 33.9. The zero-order chi connectivity index (χ0) is 19.0. The van der Waals surface area contributed by atoms with Crippen molar-refractivity contribution in [2.75, 3.05) is 0 Å². The standard InChI is InChI=1S/C10H8.C9H10.C9H8/c1-2-6-10-8-4-3-7-9(10)5-1;2*1-2-5-9-7-3-6-8(9)4-1/h1-8H;1-2,4-5H,3,6-7H2;1-6H,7H2. The Bertz CT molecular complexity index is 975. The molecule has 0 nitrogen and oxygen atoms in total. The average molecular weight is 363 g/mol. The summed E-state index contributed by atoms with van der Waals surface area (Å²) in [6.07, 6.45) is 9.46. The summed E-state index contributed by atoms with van der Waals surface area (Å²) < 4.78 is 0. The molecule has 138 valence electrons. The topological polar surface area (TPSA) is 0 Å². The first-order chi connectivity index (χ1) is 13.9. The molecule has 0 unspecified atom stereocenters. The van der Waals surface area contributed by atoms with Crippen LogP contribution < -0.4 is 0 Å². The van der Waals surface area contributed by atoms with Crippen LogP contribution in [0.3, 0.4) is 0 Å². The molecule has 0 aliphatic heterocycles. The number of hydrogen-bond donors (Lipinski definition) is 0. The Morgan fingerprint density at radius 2 is 0.929 bits per heavy atom.